The molecule has 25 heavy (non-hydrogen) atoms. The fraction of sp³-hybridized carbons (Fsp3) is 0.947. The highest BCUT2D eigenvalue weighted by atomic mass is 17.4. The molecule has 1 heterocycles. The summed E-state index contributed by atoms with van der Waals surface area (Å²) in [5.41, 5.74) is 0. The van der Waals surface area contributed by atoms with Crippen molar-refractivity contribution in [3.8, 4) is 0 Å². The van der Waals surface area contributed by atoms with E-state index in [0.29, 0.717) is 37.0 Å². The zero-order chi connectivity index (χ0) is 17.1. The molecule has 0 aromatic rings. The Balaban J connectivity index is 1.22. The summed E-state index contributed by atoms with van der Waals surface area (Å²) in [4.78, 5) is 35.3. The van der Waals surface area contributed by atoms with Gasteiger partial charge in [0.2, 0.25) is 11.6 Å². The van der Waals surface area contributed by atoms with Crippen LogP contribution in [0.15, 0.2) is 0 Å². The number of hydrogen-bond acceptors (Lipinski definition) is 6. The van der Waals surface area contributed by atoms with Gasteiger partial charge in [-0.3, -0.25) is 4.79 Å². The van der Waals surface area contributed by atoms with E-state index < -0.39 is 11.6 Å². The minimum Gasteiger partial charge on any atom is -0.469 e. The largest absolute Gasteiger partial charge is 0.469 e. The first kappa shape index (κ1) is 16.5. The predicted molar refractivity (Wildman–Crippen MR) is 85.4 cm³/mol. The molecule has 5 saturated carbocycles. The zero-order valence-electron chi connectivity index (χ0n) is 14.9. The molecule has 0 N–H and O–H groups in total. The van der Waals surface area contributed by atoms with E-state index in [1.165, 1.54) is 39.2 Å². The van der Waals surface area contributed by atoms with Gasteiger partial charge in [-0.15, -0.1) is 0 Å². The predicted octanol–water partition coefficient (Wildman–Crippen LogP) is 3.50. The third kappa shape index (κ3) is 2.64. The monoisotopic (exact) mass is 352 g/mol. The van der Waals surface area contributed by atoms with Gasteiger partial charge in [0, 0.05) is 31.1 Å². The molecule has 140 valence electrons. The van der Waals surface area contributed by atoms with Crippen molar-refractivity contribution in [2.45, 2.75) is 75.8 Å². The Morgan fingerprint density at radius 1 is 0.920 bits per heavy atom. The average molecular weight is 352 g/mol. The Morgan fingerprint density at radius 2 is 1.48 bits per heavy atom. The van der Waals surface area contributed by atoms with Crippen LogP contribution in [-0.2, 0) is 29.1 Å². The summed E-state index contributed by atoms with van der Waals surface area (Å²) >= 11 is 0. The molecule has 0 unspecified atom stereocenters. The Hall–Kier alpha value is -0.690. The van der Waals surface area contributed by atoms with Crippen LogP contribution < -0.4 is 0 Å². The second-order valence-electron chi connectivity index (χ2n) is 8.99. The number of methoxy groups -OCH3 is 1. The first-order valence-corrected chi connectivity index (χ1v) is 9.91. The normalized spacial score (nSPS) is 51.2. The molecule has 5 aliphatic carbocycles. The summed E-state index contributed by atoms with van der Waals surface area (Å²) in [6.45, 7) is 0. The van der Waals surface area contributed by atoms with E-state index in [-0.39, 0.29) is 5.97 Å². The first-order chi connectivity index (χ1) is 12.1. The average Bonchev–Trinajstić information content (AvgIpc) is 2.63. The van der Waals surface area contributed by atoms with Crippen molar-refractivity contribution in [3.05, 3.63) is 0 Å². The van der Waals surface area contributed by atoms with E-state index in [4.69, 9.17) is 24.3 Å². The third-order valence-electron chi connectivity index (χ3n) is 7.47. The molecule has 2 spiro atoms. The summed E-state index contributed by atoms with van der Waals surface area (Å²) in [7, 11) is 1.44. The molecular weight excluding hydrogens is 324 g/mol. The van der Waals surface area contributed by atoms with Crippen molar-refractivity contribution in [1.82, 2.24) is 0 Å². The maximum atomic E-state index is 11.5. The van der Waals surface area contributed by atoms with Crippen LogP contribution in [0.25, 0.3) is 0 Å². The molecule has 0 aromatic carbocycles. The van der Waals surface area contributed by atoms with Gasteiger partial charge in [-0.1, -0.05) is 0 Å². The van der Waals surface area contributed by atoms with Crippen LogP contribution in [0.5, 0.6) is 0 Å². The van der Waals surface area contributed by atoms with Crippen LogP contribution in [0.4, 0.5) is 0 Å². The maximum absolute atomic E-state index is 11.5. The van der Waals surface area contributed by atoms with Crippen LogP contribution in [-0.4, -0.2) is 24.7 Å². The number of hydrogen-bond donors (Lipinski definition) is 0. The second kappa shape index (κ2) is 5.91. The van der Waals surface area contributed by atoms with Crippen molar-refractivity contribution in [2.24, 2.45) is 29.6 Å². The molecule has 6 heteroatoms. The highest BCUT2D eigenvalue weighted by molar-refractivity contribution is 5.69. The summed E-state index contributed by atoms with van der Waals surface area (Å²) in [6, 6.07) is 0. The van der Waals surface area contributed by atoms with E-state index in [1.807, 2.05) is 0 Å². The van der Waals surface area contributed by atoms with Crippen LogP contribution in [0.3, 0.4) is 0 Å². The summed E-state index contributed by atoms with van der Waals surface area (Å²) in [5.74, 6) is 1.17. The molecule has 1 aliphatic heterocycles. The van der Waals surface area contributed by atoms with Crippen molar-refractivity contribution in [3.63, 3.8) is 0 Å². The maximum Gasteiger partial charge on any atom is 0.305 e. The number of rotatable bonds is 2. The number of carbonyl (C=O) groups excluding carboxylic acids is 1. The lowest BCUT2D eigenvalue weighted by Gasteiger charge is -2.60. The van der Waals surface area contributed by atoms with Gasteiger partial charge >= 0.3 is 5.97 Å². The lowest BCUT2D eigenvalue weighted by atomic mass is 9.53. The molecule has 0 amide bonds. The van der Waals surface area contributed by atoms with Crippen molar-refractivity contribution in [1.29, 1.82) is 0 Å². The van der Waals surface area contributed by atoms with E-state index in [1.54, 1.807) is 0 Å². The summed E-state index contributed by atoms with van der Waals surface area (Å²) in [5, 5.41) is 0. The molecule has 0 aromatic heterocycles. The quantitative estimate of drug-likeness (QED) is 0.560. The van der Waals surface area contributed by atoms with Gasteiger partial charge in [0.1, 0.15) is 0 Å². The fourth-order valence-corrected chi connectivity index (χ4v) is 6.23. The van der Waals surface area contributed by atoms with Gasteiger partial charge in [0.15, 0.2) is 0 Å². The van der Waals surface area contributed by atoms with Crippen LogP contribution in [0, 0.1) is 29.6 Å². The van der Waals surface area contributed by atoms with Gasteiger partial charge < -0.3 is 4.74 Å². The fourth-order valence-electron chi connectivity index (χ4n) is 6.23. The number of esters is 1. The van der Waals surface area contributed by atoms with E-state index in [2.05, 4.69) is 0 Å². The number of ether oxygens (including phenoxy) is 1. The molecule has 6 rings (SSSR count). The Kier molecular flexibility index (Phi) is 3.90. The smallest absolute Gasteiger partial charge is 0.305 e. The highest BCUT2D eigenvalue weighted by Crippen LogP contribution is 2.61. The molecule has 6 aliphatic rings. The lowest BCUT2D eigenvalue weighted by molar-refractivity contribution is -0.680. The van der Waals surface area contributed by atoms with Gasteiger partial charge in [0.25, 0.3) is 0 Å². The molecule has 0 atom stereocenters. The van der Waals surface area contributed by atoms with Crippen LogP contribution >= 0.6 is 0 Å². The van der Waals surface area contributed by atoms with Gasteiger partial charge in [0.05, 0.1) is 7.11 Å². The van der Waals surface area contributed by atoms with E-state index in [0.717, 1.165) is 24.7 Å². The summed E-state index contributed by atoms with van der Waals surface area (Å²) in [6.07, 6.45) is 9.62. The Bertz CT molecular complexity index is 498. The Morgan fingerprint density at radius 3 is 2.00 bits per heavy atom. The molecule has 1 saturated heterocycles. The van der Waals surface area contributed by atoms with E-state index in [9.17, 15) is 4.79 Å². The minimum atomic E-state index is -0.799. The topological polar surface area (TPSA) is 63.2 Å². The SMILES string of the molecule is COC(=O)CC1CCC2(CC1)OOC1(OO2)C2CC3CC(C2)CC1C3. The molecule has 6 fully saturated rings. The first-order valence-electron chi connectivity index (χ1n) is 9.91. The molecule has 0 radical (unpaired) electrons. The van der Waals surface area contributed by atoms with Crippen molar-refractivity contribution in [2.75, 3.05) is 7.11 Å². The molecule has 6 nitrogen and oxygen atoms in total. The Labute approximate surface area is 148 Å². The zero-order valence-corrected chi connectivity index (χ0v) is 14.9. The molecule has 4 bridgehead atoms. The number of carbonyl (C=O) groups is 1. The van der Waals surface area contributed by atoms with Crippen LogP contribution in [0.1, 0.15) is 64.2 Å². The highest BCUT2D eigenvalue weighted by Gasteiger charge is 2.64. The summed E-state index contributed by atoms with van der Waals surface area (Å²) < 4.78 is 4.77. The van der Waals surface area contributed by atoms with Crippen molar-refractivity contribution < 1.29 is 29.1 Å². The van der Waals surface area contributed by atoms with Gasteiger partial charge in [-0.05, 0) is 62.7 Å². The third-order valence-corrected chi connectivity index (χ3v) is 7.47. The molecular formula is C19H28O6. The van der Waals surface area contributed by atoms with Crippen molar-refractivity contribution >= 4 is 5.97 Å². The van der Waals surface area contributed by atoms with Gasteiger partial charge in [-0.2, -0.15) is 19.6 Å². The van der Waals surface area contributed by atoms with E-state index >= 15 is 0 Å². The van der Waals surface area contributed by atoms with Crippen LogP contribution in [0.2, 0.25) is 0 Å². The van der Waals surface area contributed by atoms with Gasteiger partial charge in [-0.25, -0.2) is 0 Å². The standard InChI is InChI=1S/C19H28O6/c1-21-17(20)11-12-2-4-18(5-3-12)22-24-19(25-23-18)15-7-13-6-14(9-15)10-16(19)8-13/h12-16H,2-11H2,1H3. The second-order valence-corrected chi connectivity index (χ2v) is 8.99. The lowest BCUT2D eigenvalue weighted by Crippen LogP contribution is -2.64. The minimum absolute atomic E-state index is 0.147.